The second kappa shape index (κ2) is 15.8. The van der Waals surface area contributed by atoms with E-state index in [0.29, 0.717) is 18.5 Å². The first-order valence-corrected chi connectivity index (χ1v) is 15.5. The van der Waals surface area contributed by atoms with E-state index in [4.69, 9.17) is 4.74 Å². The standard InChI is InChI=1S/C35H53N3O5/c1-10-11-12-13-14-21-38(30(31(40)37-34(4,5)6)27-18-15-24(2)25(3)22-27)32(41)29(36-33(42)43-35(7,8)9)23-26-16-19-28(39)20-17-26/h15-20,22,29-30,39H,10-14,21,23H2,1-9H3,(H,36,42)(H,37,40). The summed E-state index contributed by atoms with van der Waals surface area (Å²) in [7, 11) is 0. The largest absolute Gasteiger partial charge is 0.508 e. The number of unbranched alkanes of at least 4 members (excludes halogenated alkanes) is 4. The van der Waals surface area contributed by atoms with Crippen LogP contribution in [0.15, 0.2) is 42.5 Å². The van der Waals surface area contributed by atoms with Crippen LogP contribution < -0.4 is 10.6 Å². The lowest BCUT2D eigenvalue weighted by Gasteiger charge is -2.36. The molecule has 43 heavy (non-hydrogen) atoms. The molecule has 0 fully saturated rings. The third-order valence-electron chi connectivity index (χ3n) is 7.06. The van der Waals surface area contributed by atoms with Gasteiger partial charge in [0, 0.05) is 18.5 Å². The van der Waals surface area contributed by atoms with E-state index in [9.17, 15) is 19.5 Å². The molecule has 0 spiro atoms. The minimum atomic E-state index is -1.01. The summed E-state index contributed by atoms with van der Waals surface area (Å²) in [6.45, 7) is 17.5. The Labute approximate surface area is 258 Å². The van der Waals surface area contributed by atoms with Crippen LogP contribution in [0.2, 0.25) is 0 Å². The van der Waals surface area contributed by atoms with Gasteiger partial charge in [-0.1, -0.05) is 62.9 Å². The molecule has 2 aromatic rings. The minimum Gasteiger partial charge on any atom is -0.508 e. The first-order valence-electron chi connectivity index (χ1n) is 15.5. The van der Waals surface area contributed by atoms with Crippen molar-refractivity contribution in [1.29, 1.82) is 0 Å². The number of benzene rings is 2. The molecule has 238 valence electrons. The van der Waals surface area contributed by atoms with E-state index >= 15 is 0 Å². The number of alkyl carbamates (subject to hydrolysis) is 1. The summed E-state index contributed by atoms with van der Waals surface area (Å²) in [5, 5.41) is 15.7. The van der Waals surface area contributed by atoms with Gasteiger partial charge < -0.3 is 25.4 Å². The van der Waals surface area contributed by atoms with Crippen LogP contribution >= 0.6 is 0 Å². The van der Waals surface area contributed by atoms with E-state index in [1.54, 1.807) is 49.9 Å². The van der Waals surface area contributed by atoms with Gasteiger partial charge in [-0.3, -0.25) is 9.59 Å². The number of aryl methyl sites for hydroxylation is 2. The zero-order valence-corrected chi connectivity index (χ0v) is 27.7. The molecule has 8 heteroatoms. The van der Waals surface area contributed by atoms with Crippen LogP contribution in [0.1, 0.15) is 109 Å². The third kappa shape index (κ3) is 12.3. The van der Waals surface area contributed by atoms with Gasteiger partial charge >= 0.3 is 6.09 Å². The Morgan fingerprint density at radius 3 is 2.07 bits per heavy atom. The Kier molecular flexibility index (Phi) is 13.1. The predicted molar refractivity (Wildman–Crippen MR) is 172 cm³/mol. The molecule has 3 N–H and O–H groups in total. The summed E-state index contributed by atoms with van der Waals surface area (Å²) in [4.78, 5) is 43.2. The maximum atomic E-state index is 14.6. The summed E-state index contributed by atoms with van der Waals surface area (Å²) in [5.74, 6) is -0.547. The van der Waals surface area contributed by atoms with Crippen LogP contribution in [-0.4, -0.2) is 51.6 Å². The van der Waals surface area contributed by atoms with Crippen molar-refractivity contribution in [2.45, 2.75) is 124 Å². The zero-order chi connectivity index (χ0) is 32.4. The Hall–Kier alpha value is -3.55. The maximum absolute atomic E-state index is 14.6. The number of carbonyl (C=O) groups is 3. The lowest BCUT2D eigenvalue weighted by molar-refractivity contribution is -0.143. The molecule has 8 nitrogen and oxygen atoms in total. The summed E-state index contributed by atoms with van der Waals surface area (Å²) < 4.78 is 5.53. The zero-order valence-electron chi connectivity index (χ0n) is 27.7. The number of phenols is 1. The highest BCUT2D eigenvalue weighted by Crippen LogP contribution is 2.27. The fourth-order valence-corrected chi connectivity index (χ4v) is 4.82. The van der Waals surface area contributed by atoms with Crippen molar-refractivity contribution in [2.24, 2.45) is 0 Å². The van der Waals surface area contributed by atoms with Gasteiger partial charge in [0.05, 0.1) is 0 Å². The molecule has 2 atom stereocenters. The quantitative estimate of drug-likeness (QED) is 0.218. The fourth-order valence-electron chi connectivity index (χ4n) is 4.82. The van der Waals surface area contributed by atoms with Gasteiger partial charge in [-0.25, -0.2) is 4.79 Å². The number of hydrogen-bond donors (Lipinski definition) is 3. The first kappa shape index (κ1) is 35.6. The predicted octanol–water partition coefficient (Wildman–Crippen LogP) is 6.90. The second-order valence-corrected chi connectivity index (χ2v) is 13.5. The number of carbonyl (C=O) groups excluding carboxylic acids is 3. The average molecular weight is 596 g/mol. The Bertz CT molecular complexity index is 1210. The van der Waals surface area contributed by atoms with Gasteiger partial charge in [0.2, 0.25) is 11.8 Å². The van der Waals surface area contributed by atoms with Crippen LogP contribution in [-0.2, 0) is 20.7 Å². The highest BCUT2D eigenvalue weighted by atomic mass is 16.6. The molecule has 2 rings (SSSR count). The SMILES string of the molecule is CCCCCCCN(C(=O)C(Cc1ccc(O)cc1)NC(=O)OC(C)(C)C)C(C(=O)NC(C)(C)C)c1ccc(C)c(C)c1. The smallest absolute Gasteiger partial charge is 0.408 e. The van der Waals surface area contributed by atoms with E-state index in [1.807, 2.05) is 52.8 Å². The Balaban J connectivity index is 2.61. The number of amides is 3. The molecule has 0 heterocycles. The van der Waals surface area contributed by atoms with Gasteiger partial charge in [-0.2, -0.15) is 0 Å². The number of ether oxygens (including phenoxy) is 1. The van der Waals surface area contributed by atoms with Crippen LogP contribution in [0.4, 0.5) is 4.79 Å². The molecule has 0 aliphatic carbocycles. The molecule has 0 saturated heterocycles. The van der Waals surface area contributed by atoms with E-state index in [2.05, 4.69) is 17.6 Å². The number of aromatic hydroxyl groups is 1. The normalized spacial score (nSPS) is 13.1. The molecule has 0 aliphatic rings. The lowest BCUT2D eigenvalue weighted by Crippen LogP contribution is -2.55. The minimum absolute atomic E-state index is 0.106. The topological polar surface area (TPSA) is 108 Å². The molecule has 3 amide bonds. The molecule has 0 aliphatic heterocycles. The highest BCUT2D eigenvalue weighted by Gasteiger charge is 2.37. The molecular weight excluding hydrogens is 542 g/mol. The van der Waals surface area contributed by atoms with Gasteiger partial charge in [-0.05, 0) is 96.2 Å². The van der Waals surface area contributed by atoms with E-state index < -0.39 is 29.3 Å². The summed E-state index contributed by atoms with van der Waals surface area (Å²) >= 11 is 0. The molecule has 2 aromatic carbocycles. The second-order valence-electron chi connectivity index (χ2n) is 13.5. The molecule has 0 radical (unpaired) electrons. The van der Waals surface area contributed by atoms with Crippen molar-refractivity contribution in [3.8, 4) is 5.75 Å². The Morgan fingerprint density at radius 1 is 0.884 bits per heavy atom. The summed E-state index contributed by atoms with van der Waals surface area (Å²) in [6.07, 6.45) is 4.31. The van der Waals surface area contributed by atoms with Crippen molar-refractivity contribution in [2.75, 3.05) is 6.54 Å². The lowest BCUT2D eigenvalue weighted by atomic mass is 9.96. The summed E-state index contributed by atoms with van der Waals surface area (Å²) in [6, 6.07) is 10.5. The van der Waals surface area contributed by atoms with Crippen molar-refractivity contribution in [3.63, 3.8) is 0 Å². The van der Waals surface area contributed by atoms with Crippen molar-refractivity contribution in [1.82, 2.24) is 15.5 Å². The number of phenolic OH excluding ortho intramolecular Hbond substituents is 1. The molecule has 0 aromatic heterocycles. The van der Waals surface area contributed by atoms with Gasteiger partial charge in [0.1, 0.15) is 23.4 Å². The molecular formula is C35H53N3O5. The fraction of sp³-hybridized carbons (Fsp3) is 0.571. The van der Waals surface area contributed by atoms with Crippen molar-refractivity contribution < 1.29 is 24.2 Å². The number of nitrogens with zero attached hydrogens (tertiary/aromatic N) is 1. The van der Waals surface area contributed by atoms with Gasteiger partial charge in [0.15, 0.2) is 0 Å². The van der Waals surface area contributed by atoms with Crippen molar-refractivity contribution >= 4 is 17.9 Å². The summed E-state index contributed by atoms with van der Waals surface area (Å²) in [5.41, 5.74) is 2.29. The average Bonchev–Trinajstić information content (AvgIpc) is 2.88. The van der Waals surface area contributed by atoms with Crippen LogP contribution in [0.5, 0.6) is 5.75 Å². The van der Waals surface area contributed by atoms with Crippen LogP contribution in [0.3, 0.4) is 0 Å². The number of nitrogens with one attached hydrogen (secondary N) is 2. The van der Waals surface area contributed by atoms with Crippen molar-refractivity contribution in [3.05, 3.63) is 64.7 Å². The highest BCUT2D eigenvalue weighted by molar-refractivity contribution is 5.92. The van der Waals surface area contributed by atoms with E-state index in [0.717, 1.165) is 42.4 Å². The van der Waals surface area contributed by atoms with Crippen LogP contribution in [0, 0.1) is 13.8 Å². The first-order chi connectivity index (χ1) is 20.0. The van der Waals surface area contributed by atoms with E-state index in [-0.39, 0.29) is 24.0 Å². The van der Waals surface area contributed by atoms with Crippen LogP contribution in [0.25, 0.3) is 0 Å². The number of hydrogen-bond acceptors (Lipinski definition) is 5. The Morgan fingerprint density at radius 2 is 1.51 bits per heavy atom. The number of rotatable bonds is 13. The molecule has 0 saturated carbocycles. The van der Waals surface area contributed by atoms with E-state index in [1.165, 1.54) is 0 Å². The van der Waals surface area contributed by atoms with Gasteiger partial charge in [0.25, 0.3) is 0 Å². The molecule has 2 unspecified atom stereocenters. The van der Waals surface area contributed by atoms with Gasteiger partial charge in [-0.15, -0.1) is 0 Å². The maximum Gasteiger partial charge on any atom is 0.408 e. The third-order valence-corrected chi connectivity index (χ3v) is 7.06. The molecule has 0 bridgehead atoms. The monoisotopic (exact) mass is 595 g/mol.